The third-order valence-corrected chi connectivity index (χ3v) is 9.20. The van der Waals surface area contributed by atoms with Crippen molar-refractivity contribution in [3.63, 3.8) is 0 Å². The third kappa shape index (κ3) is 4.40. The second-order valence-corrected chi connectivity index (χ2v) is 11.6. The minimum Gasteiger partial charge on any atom is -0.454 e. The quantitative estimate of drug-likeness (QED) is 0.0812. The van der Waals surface area contributed by atoms with E-state index >= 15 is 0 Å². The molecule has 1 saturated heterocycles. The van der Waals surface area contributed by atoms with Gasteiger partial charge in [-0.3, -0.25) is 24.5 Å². The molecule has 3 aromatic carbocycles. The zero-order valence-corrected chi connectivity index (χ0v) is 23.2. The maximum absolute atomic E-state index is 13.6. The number of nitrogens with zero attached hydrogens (tertiary/aromatic N) is 2. The van der Waals surface area contributed by atoms with Crippen molar-refractivity contribution in [1.82, 2.24) is 0 Å². The number of halogens is 1. The predicted molar refractivity (Wildman–Crippen MR) is 153 cm³/mol. The molecular formula is C32H23ClN2O8. The van der Waals surface area contributed by atoms with Gasteiger partial charge in [0.2, 0.25) is 17.6 Å². The van der Waals surface area contributed by atoms with Gasteiger partial charge in [0.1, 0.15) is 5.75 Å². The number of para-hydroxylation sites is 2. The van der Waals surface area contributed by atoms with Gasteiger partial charge >= 0.3 is 11.7 Å². The molecule has 4 aliphatic carbocycles. The first-order valence-electron chi connectivity index (χ1n) is 13.8. The summed E-state index contributed by atoms with van der Waals surface area (Å²) in [6.45, 7) is -0.589. The molecule has 1 aliphatic heterocycles. The number of nitro benzene ring substituents is 1. The van der Waals surface area contributed by atoms with Gasteiger partial charge in [-0.25, -0.2) is 9.69 Å². The molecule has 11 heteroatoms. The Hall–Kier alpha value is -4.83. The number of anilines is 1. The van der Waals surface area contributed by atoms with Crippen molar-refractivity contribution in [3.8, 4) is 11.5 Å². The molecule has 0 unspecified atom stereocenters. The third-order valence-electron chi connectivity index (χ3n) is 8.90. The Kier molecular flexibility index (Phi) is 6.39. The highest BCUT2D eigenvalue weighted by Crippen LogP contribution is 2.65. The van der Waals surface area contributed by atoms with Crippen LogP contribution in [0.25, 0.3) is 0 Å². The molecule has 2 bridgehead atoms. The SMILES string of the molecule is O=C(COC(=O)c1ccccc1N1C(=O)[C@@H]2[C@@H]3C=C[C@H]([C@H]4C[C@H]34)[C@@H]2C1=O)c1ccc(Oc2c(Cl)cccc2[N+](=O)[O-])cc1. The topological polar surface area (TPSA) is 133 Å². The minimum absolute atomic E-state index is 0.0196. The summed E-state index contributed by atoms with van der Waals surface area (Å²) in [6.07, 6.45) is 5.21. The van der Waals surface area contributed by atoms with Crippen LogP contribution in [-0.4, -0.2) is 35.1 Å². The number of rotatable bonds is 8. The van der Waals surface area contributed by atoms with Crippen molar-refractivity contribution in [2.75, 3.05) is 11.5 Å². The zero-order chi connectivity index (χ0) is 30.0. The second kappa shape index (κ2) is 10.2. The predicted octanol–water partition coefficient (Wildman–Crippen LogP) is 5.64. The second-order valence-electron chi connectivity index (χ2n) is 11.2. The number of esters is 1. The molecule has 6 atom stereocenters. The van der Waals surface area contributed by atoms with Crippen LogP contribution in [0.1, 0.15) is 27.1 Å². The van der Waals surface area contributed by atoms with Crippen molar-refractivity contribution < 1.29 is 33.6 Å². The van der Waals surface area contributed by atoms with Crippen molar-refractivity contribution in [3.05, 3.63) is 105 Å². The van der Waals surface area contributed by atoms with Crippen molar-refractivity contribution >= 4 is 46.5 Å². The first-order valence-corrected chi connectivity index (χ1v) is 14.2. The number of benzene rings is 3. The fourth-order valence-corrected chi connectivity index (χ4v) is 7.10. The molecule has 5 aliphatic rings. The van der Waals surface area contributed by atoms with Crippen LogP contribution in [0.3, 0.4) is 0 Å². The summed E-state index contributed by atoms with van der Waals surface area (Å²) in [5.74, 6) is -1.66. The summed E-state index contributed by atoms with van der Waals surface area (Å²) in [5.41, 5.74) is 0.0768. The lowest BCUT2D eigenvalue weighted by molar-refractivity contribution is -0.385. The Bertz CT molecular complexity index is 1720. The number of amides is 2. The minimum atomic E-state index is -0.839. The van der Waals surface area contributed by atoms with Crippen molar-refractivity contribution in [1.29, 1.82) is 0 Å². The number of imide groups is 1. The Morgan fingerprint density at radius 3 is 2.21 bits per heavy atom. The van der Waals surface area contributed by atoms with Crippen molar-refractivity contribution in [2.45, 2.75) is 6.42 Å². The number of carbonyl (C=O) groups excluding carboxylic acids is 4. The Morgan fingerprint density at radius 2 is 1.56 bits per heavy atom. The molecule has 2 saturated carbocycles. The molecule has 43 heavy (non-hydrogen) atoms. The highest BCUT2D eigenvalue weighted by molar-refractivity contribution is 6.32. The first kappa shape index (κ1) is 27.0. The van der Waals surface area contributed by atoms with E-state index in [-0.39, 0.29) is 62.7 Å². The number of carbonyl (C=O) groups is 4. The normalized spacial score (nSPS) is 26.1. The monoisotopic (exact) mass is 598 g/mol. The van der Waals surface area contributed by atoms with Gasteiger partial charge in [-0.05, 0) is 72.6 Å². The molecule has 0 spiro atoms. The van der Waals surface area contributed by atoms with Crippen LogP contribution in [0.15, 0.2) is 78.9 Å². The molecule has 0 N–H and O–H groups in total. The van der Waals surface area contributed by atoms with Gasteiger partial charge in [0.25, 0.3) is 0 Å². The lowest BCUT2D eigenvalue weighted by Gasteiger charge is -2.37. The van der Waals surface area contributed by atoms with Crippen LogP contribution in [-0.2, 0) is 14.3 Å². The Labute approximate surface area is 250 Å². The van der Waals surface area contributed by atoms with Gasteiger partial charge in [0.15, 0.2) is 12.4 Å². The van der Waals surface area contributed by atoms with E-state index in [9.17, 15) is 29.3 Å². The van der Waals surface area contributed by atoms with E-state index in [2.05, 4.69) is 12.2 Å². The fraction of sp³-hybridized carbons (Fsp3) is 0.250. The average molecular weight is 599 g/mol. The van der Waals surface area contributed by atoms with Crippen LogP contribution in [0.2, 0.25) is 5.02 Å². The van der Waals surface area contributed by atoms with Crippen LogP contribution in [0, 0.1) is 45.6 Å². The van der Waals surface area contributed by atoms with Gasteiger partial charge in [-0.15, -0.1) is 0 Å². The maximum Gasteiger partial charge on any atom is 0.340 e. The number of ether oxygens (including phenoxy) is 2. The number of allylic oxidation sites excluding steroid dienone is 2. The largest absolute Gasteiger partial charge is 0.454 e. The lowest BCUT2D eigenvalue weighted by atomic mass is 9.63. The Morgan fingerprint density at radius 1 is 0.907 bits per heavy atom. The van der Waals surface area contributed by atoms with Crippen LogP contribution in [0.4, 0.5) is 11.4 Å². The smallest absolute Gasteiger partial charge is 0.340 e. The number of ketones is 1. The van der Waals surface area contributed by atoms with Gasteiger partial charge in [0, 0.05) is 11.6 Å². The number of hydrogen-bond donors (Lipinski definition) is 0. The highest BCUT2D eigenvalue weighted by Gasteiger charge is 2.67. The van der Waals surface area contributed by atoms with E-state index in [4.69, 9.17) is 21.1 Å². The molecule has 8 rings (SSSR count). The molecule has 3 fully saturated rings. The molecule has 0 radical (unpaired) electrons. The fourth-order valence-electron chi connectivity index (χ4n) is 6.90. The van der Waals surface area contributed by atoms with Gasteiger partial charge < -0.3 is 9.47 Å². The van der Waals surface area contributed by atoms with E-state index in [0.29, 0.717) is 11.8 Å². The van der Waals surface area contributed by atoms with E-state index in [1.165, 1.54) is 48.5 Å². The van der Waals surface area contributed by atoms with Crippen LogP contribution in [0.5, 0.6) is 11.5 Å². The summed E-state index contributed by atoms with van der Waals surface area (Å²) < 4.78 is 10.9. The highest BCUT2D eigenvalue weighted by atomic mass is 35.5. The Balaban J connectivity index is 1.03. The molecule has 2 amide bonds. The molecule has 216 valence electrons. The van der Waals surface area contributed by atoms with E-state index in [0.717, 1.165) is 11.3 Å². The summed E-state index contributed by atoms with van der Waals surface area (Å²) in [7, 11) is 0. The lowest BCUT2D eigenvalue weighted by Crippen LogP contribution is -2.40. The van der Waals surface area contributed by atoms with Crippen LogP contribution < -0.4 is 9.64 Å². The summed E-state index contributed by atoms with van der Waals surface area (Å²) >= 11 is 6.07. The van der Waals surface area contributed by atoms with Gasteiger partial charge in [-0.2, -0.15) is 0 Å². The standard InChI is InChI=1S/C32H23ClN2O8/c33-23-5-3-7-25(35(40)41)29(23)43-17-10-8-16(9-11-17)26(36)15-42-32(39)20-4-1-2-6-24(20)34-30(37)27-18-12-13-19(22-14-21(18)22)28(27)31(34)38/h1-13,18-19,21-22,27-28H,14-15H2/t18-,19-,21-,22-,27-,28+/m1/s1. The number of hydrogen-bond acceptors (Lipinski definition) is 8. The molecule has 10 nitrogen and oxygen atoms in total. The van der Waals surface area contributed by atoms with E-state index in [1.807, 2.05) is 0 Å². The molecule has 3 aromatic rings. The summed E-state index contributed by atoms with van der Waals surface area (Å²) in [5, 5.41) is 11.4. The van der Waals surface area contributed by atoms with E-state index in [1.54, 1.807) is 18.2 Å². The maximum atomic E-state index is 13.6. The summed E-state index contributed by atoms with van der Waals surface area (Å²) in [6, 6.07) is 16.1. The first-order chi connectivity index (χ1) is 20.7. The number of nitro groups is 1. The van der Waals surface area contributed by atoms with Gasteiger partial charge in [0.05, 0.1) is 33.0 Å². The number of Topliss-reactive ketones (excluding diaryl/α,β-unsaturated/α-hetero) is 1. The zero-order valence-electron chi connectivity index (χ0n) is 22.4. The van der Waals surface area contributed by atoms with Crippen molar-refractivity contribution in [2.24, 2.45) is 35.5 Å². The molecule has 0 aromatic heterocycles. The van der Waals surface area contributed by atoms with E-state index < -0.39 is 35.1 Å². The molecular weight excluding hydrogens is 576 g/mol. The molecule has 1 heterocycles. The summed E-state index contributed by atoms with van der Waals surface area (Å²) in [4.78, 5) is 64.9. The van der Waals surface area contributed by atoms with Crippen LogP contribution >= 0.6 is 11.6 Å². The van der Waals surface area contributed by atoms with Gasteiger partial charge in [-0.1, -0.05) is 42.0 Å². The average Bonchev–Trinajstić information content (AvgIpc) is 3.79.